The Labute approximate surface area is 129 Å². The third-order valence-electron chi connectivity index (χ3n) is 2.56. The van der Waals surface area contributed by atoms with Crippen LogP contribution in [0.4, 0.5) is 11.4 Å². The van der Waals surface area contributed by atoms with Crippen LogP contribution in [0.5, 0.6) is 5.75 Å². The summed E-state index contributed by atoms with van der Waals surface area (Å²) in [5.41, 5.74) is 6.88. The molecule has 0 bridgehead atoms. The molecule has 0 aliphatic carbocycles. The minimum absolute atomic E-state index is 0.202. The molecular formula is C13H11BrClN3O2. The van der Waals surface area contributed by atoms with Gasteiger partial charge in [-0.05, 0) is 34.1 Å². The Morgan fingerprint density at radius 1 is 1.45 bits per heavy atom. The number of carbonyl (C=O) groups excluding carboxylic acids is 1. The second-order valence-electron chi connectivity index (χ2n) is 3.90. The molecule has 0 aliphatic heterocycles. The van der Waals surface area contributed by atoms with Crippen LogP contribution in [0.2, 0.25) is 5.15 Å². The highest BCUT2D eigenvalue weighted by Crippen LogP contribution is 2.25. The Morgan fingerprint density at radius 3 is 2.85 bits per heavy atom. The third kappa shape index (κ3) is 3.20. The second-order valence-corrected chi connectivity index (χ2v) is 5.17. The van der Waals surface area contributed by atoms with Crippen molar-refractivity contribution in [2.75, 3.05) is 18.2 Å². The maximum atomic E-state index is 12.2. The van der Waals surface area contributed by atoms with Gasteiger partial charge in [0.1, 0.15) is 5.75 Å². The molecule has 0 atom stereocenters. The van der Waals surface area contributed by atoms with E-state index < -0.39 is 0 Å². The molecule has 1 amide bonds. The van der Waals surface area contributed by atoms with Crippen molar-refractivity contribution in [2.24, 2.45) is 0 Å². The Bertz CT molecular complexity index is 664. The van der Waals surface area contributed by atoms with Gasteiger partial charge in [0.15, 0.2) is 5.15 Å². The zero-order valence-corrected chi connectivity index (χ0v) is 12.8. The fraction of sp³-hybridized carbons (Fsp3) is 0.0769. The Hall–Kier alpha value is -1.79. The van der Waals surface area contributed by atoms with E-state index in [4.69, 9.17) is 22.1 Å². The van der Waals surface area contributed by atoms with E-state index in [1.165, 1.54) is 7.11 Å². The van der Waals surface area contributed by atoms with Gasteiger partial charge >= 0.3 is 0 Å². The highest BCUT2D eigenvalue weighted by Gasteiger charge is 2.13. The molecule has 2 aromatic rings. The number of nitrogens with two attached hydrogens (primary N) is 1. The lowest BCUT2D eigenvalue weighted by Crippen LogP contribution is -2.14. The summed E-state index contributed by atoms with van der Waals surface area (Å²) in [6.45, 7) is 0. The van der Waals surface area contributed by atoms with E-state index in [0.717, 1.165) is 0 Å². The van der Waals surface area contributed by atoms with Crippen molar-refractivity contribution in [1.82, 2.24) is 4.98 Å². The lowest BCUT2D eigenvalue weighted by Gasteiger charge is -2.10. The van der Waals surface area contributed by atoms with Crippen molar-refractivity contribution in [3.05, 3.63) is 45.7 Å². The van der Waals surface area contributed by atoms with Crippen LogP contribution in [-0.2, 0) is 0 Å². The standard InChI is InChI=1S/C13H11BrClN3O2/c1-20-8-2-3-9(10(16)5-8)13(19)18-11-4-7(14)6-17-12(11)15/h2-6H,16H2,1H3,(H,18,19). The number of benzene rings is 1. The summed E-state index contributed by atoms with van der Waals surface area (Å²) in [6, 6.07) is 6.48. The number of nitrogen functional groups attached to an aromatic ring is 1. The fourth-order valence-corrected chi connectivity index (χ4v) is 2.06. The maximum Gasteiger partial charge on any atom is 0.257 e. The second kappa shape index (κ2) is 6.11. The van der Waals surface area contributed by atoms with Crippen LogP contribution in [0.3, 0.4) is 0 Å². The lowest BCUT2D eigenvalue weighted by molar-refractivity contribution is 0.102. The van der Waals surface area contributed by atoms with E-state index in [0.29, 0.717) is 27.2 Å². The van der Waals surface area contributed by atoms with E-state index in [1.54, 1.807) is 30.5 Å². The van der Waals surface area contributed by atoms with Gasteiger partial charge in [0.2, 0.25) is 0 Å². The summed E-state index contributed by atoms with van der Waals surface area (Å²) < 4.78 is 5.74. The van der Waals surface area contributed by atoms with Crippen LogP contribution in [0.1, 0.15) is 10.4 Å². The van der Waals surface area contributed by atoms with Crippen molar-refractivity contribution < 1.29 is 9.53 Å². The minimum atomic E-state index is -0.369. The highest BCUT2D eigenvalue weighted by atomic mass is 79.9. The van der Waals surface area contributed by atoms with Gasteiger partial charge in [-0.15, -0.1) is 0 Å². The van der Waals surface area contributed by atoms with Crippen molar-refractivity contribution >= 4 is 44.8 Å². The number of pyridine rings is 1. The number of nitrogens with zero attached hydrogens (tertiary/aromatic N) is 1. The van der Waals surface area contributed by atoms with Gasteiger partial charge in [-0.2, -0.15) is 0 Å². The summed E-state index contributed by atoms with van der Waals surface area (Å²) in [5, 5.41) is 2.86. The van der Waals surface area contributed by atoms with Crippen LogP contribution < -0.4 is 15.8 Å². The highest BCUT2D eigenvalue weighted by molar-refractivity contribution is 9.10. The Morgan fingerprint density at radius 2 is 2.20 bits per heavy atom. The zero-order chi connectivity index (χ0) is 14.7. The molecule has 2 rings (SSSR count). The largest absolute Gasteiger partial charge is 0.497 e. The molecule has 0 radical (unpaired) electrons. The first-order valence-corrected chi connectivity index (χ1v) is 6.74. The maximum absolute atomic E-state index is 12.2. The fourth-order valence-electron chi connectivity index (χ4n) is 1.57. The Kier molecular flexibility index (Phi) is 4.46. The van der Waals surface area contributed by atoms with Crippen LogP contribution in [0, 0.1) is 0 Å². The first-order chi connectivity index (χ1) is 9.51. The molecule has 20 heavy (non-hydrogen) atoms. The van der Waals surface area contributed by atoms with Crippen molar-refractivity contribution in [3.8, 4) is 5.75 Å². The number of ether oxygens (including phenoxy) is 1. The van der Waals surface area contributed by atoms with Gasteiger partial charge in [0.05, 0.1) is 18.4 Å². The first kappa shape index (κ1) is 14.6. The molecular weight excluding hydrogens is 346 g/mol. The Balaban J connectivity index is 2.26. The number of methoxy groups -OCH3 is 1. The van der Waals surface area contributed by atoms with Crippen LogP contribution >= 0.6 is 27.5 Å². The third-order valence-corrected chi connectivity index (χ3v) is 3.29. The van der Waals surface area contributed by atoms with Crippen LogP contribution in [0.25, 0.3) is 0 Å². The molecule has 7 heteroatoms. The average molecular weight is 357 g/mol. The molecule has 5 nitrogen and oxygen atoms in total. The summed E-state index contributed by atoms with van der Waals surface area (Å²) in [4.78, 5) is 16.1. The summed E-state index contributed by atoms with van der Waals surface area (Å²) >= 11 is 9.18. The minimum Gasteiger partial charge on any atom is -0.497 e. The van der Waals surface area contributed by atoms with Gasteiger partial charge in [-0.1, -0.05) is 11.6 Å². The predicted octanol–water partition coefficient (Wildman–Crippen LogP) is 3.34. The monoisotopic (exact) mass is 355 g/mol. The van der Waals surface area contributed by atoms with E-state index in [-0.39, 0.29) is 11.1 Å². The van der Waals surface area contributed by atoms with E-state index in [2.05, 4.69) is 26.2 Å². The molecule has 1 aromatic heterocycles. The molecule has 0 saturated heterocycles. The summed E-state index contributed by atoms with van der Waals surface area (Å²) in [6.07, 6.45) is 1.54. The smallest absolute Gasteiger partial charge is 0.257 e. The van der Waals surface area contributed by atoms with Crippen molar-refractivity contribution in [1.29, 1.82) is 0 Å². The number of halogens is 2. The summed E-state index contributed by atoms with van der Waals surface area (Å²) in [7, 11) is 1.53. The number of aromatic nitrogens is 1. The first-order valence-electron chi connectivity index (χ1n) is 5.57. The number of rotatable bonds is 3. The van der Waals surface area contributed by atoms with Gasteiger partial charge in [-0.3, -0.25) is 4.79 Å². The van der Waals surface area contributed by atoms with E-state index in [1.807, 2.05) is 0 Å². The quantitative estimate of drug-likeness (QED) is 0.653. The number of amides is 1. The number of hydrogen-bond acceptors (Lipinski definition) is 4. The lowest BCUT2D eigenvalue weighted by atomic mass is 10.1. The summed E-state index contributed by atoms with van der Waals surface area (Å²) in [5.74, 6) is 0.216. The predicted molar refractivity (Wildman–Crippen MR) is 82.3 cm³/mol. The molecule has 1 heterocycles. The SMILES string of the molecule is COc1ccc(C(=O)Nc2cc(Br)cnc2Cl)c(N)c1. The van der Waals surface area contributed by atoms with E-state index in [9.17, 15) is 4.79 Å². The molecule has 1 aromatic carbocycles. The molecule has 0 aliphatic rings. The number of carbonyl (C=O) groups is 1. The number of hydrogen-bond donors (Lipinski definition) is 2. The molecule has 0 fully saturated rings. The van der Waals surface area contributed by atoms with Crippen LogP contribution in [0.15, 0.2) is 34.9 Å². The van der Waals surface area contributed by atoms with Gasteiger partial charge in [-0.25, -0.2) is 4.98 Å². The number of nitrogens with one attached hydrogen (secondary N) is 1. The zero-order valence-electron chi connectivity index (χ0n) is 10.5. The topological polar surface area (TPSA) is 77.2 Å². The average Bonchev–Trinajstić information content (AvgIpc) is 2.42. The van der Waals surface area contributed by atoms with Gasteiger partial charge in [0, 0.05) is 22.4 Å². The molecule has 0 saturated carbocycles. The molecule has 3 N–H and O–H groups in total. The van der Waals surface area contributed by atoms with Crippen molar-refractivity contribution in [2.45, 2.75) is 0 Å². The van der Waals surface area contributed by atoms with Crippen LogP contribution in [-0.4, -0.2) is 18.0 Å². The molecule has 0 unspecified atom stereocenters. The number of anilines is 2. The molecule has 104 valence electrons. The van der Waals surface area contributed by atoms with Gasteiger partial charge in [0.25, 0.3) is 5.91 Å². The van der Waals surface area contributed by atoms with Gasteiger partial charge < -0.3 is 15.8 Å². The normalized spacial score (nSPS) is 10.2. The van der Waals surface area contributed by atoms with E-state index >= 15 is 0 Å². The van der Waals surface area contributed by atoms with Crippen molar-refractivity contribution in [3.63, 3.8) is 0 Å². The molecule has 0 spiro atoms.